The van der Waals surface area contributed by atoms with Crippen molar-refractivity contribution in [2.24, 2.45) is 5.73 Å². The summed E-state index contributed by atoms with van der Waals surface area (Å²) in [5, 5.41) is 59.1. The van der Waals surface area contributed by atoms with E-state index in [2.05, 4.69) is 36.6 Å². The minimum Gasteiger partial charge on any atom is -0.508 e. The van der Waals surface area contributed by atoms with Gasteiger partial charge >= 0.3 is 11.9 Å². The van der Waals surface area contributed by atoms with E-state index in [9.17, 15) is 48.9 Å². The summed E-state index contributed by atoms with van der Waals surface area (Å²) < 4.78 is 0. The molecule has 2 rings (SSSR count). The number of hydrogen-bond acceptors (Lipinski definition) is 12. The minimum absolute atomic E-state index is 0.00672. The van der Waals surface area contributed by atoms with E-state index in [1.165, 1.54) is 31.6 Å². The maximum atomic E-state index is 13.4. The number of nitrogens with zero attached hydrogens (tertiary/aromatic N) is 1. The van der Waals surface area contributed by atoms with Gasteiger partial charge in [-0.25, -0.2) is 4.98 Å². The average molecular weight is 707 g/mol. The summed E-state index contributed by atoms with van der Waals surface area (Å²) in [5.74, 6) is -7.76. The number of aliphatic hydroxyl groups is 2. The lowest BCUT2D eigenvalue weighted by Crippen LogP contribution is -2.61. The highest BCUT2D eigenvalue weighted by molar-refractivity contribution is 5.96. The van der Waals surface area contributed by atoms with E-state index >= 15 is 0 Å². The number of aliphatic hydroxyl groups excluding tert-OH is 2. The number of carboxylic acid groups (broad SMARTS) is 2. The molecule has 0 aliphatic carbocycles. The molecular formula is C30H42N8O12. The first-order valence-electron chi connectivity index (χ1n) is 15.3. The van der Waals surface area contributed by atoms with Crippen LogP contribution in [-0.4, -0.2) is 126 Å². The van der Waals surface area contributed by atoms with Gasteiger partial charge in [0.2, 0.25) is 29.5 Å². The molecule has 0 spiro atoms. The van der Waals surface area contributed by atoms with Gasteiger partial charge < -0.3 is 62.8 Å². The SMILES string of the molecule is C[C@H](NC(=O)[C@H](CCC(=O)O)NC(=O)[C@H](CO)NC(=O)[C@H](Cc1cnc[nH]1)NC(=O)[C@@H](NC(=O)[C@@H](N)Cc1ccc(O)cc1)[C@@H](C)O)C(=O)O. The third-order valence-electron chi connectivity index (χ3n) is 7.23. The van der Waals surface area contributed by atoms with Crippen molar-refractivity contribution >= 4 is 41.5 Å². The molecule has 0 bridgehead atoms. The first-order valence-corrected chi connectivity index (χ1v) is 15.3. The summed E-state index contributed by atoms with van der Waals surface area (Å²) in [7, 11) is 0. The van der Waals surface area contributed by atoms with E-state index in [0.29, 0.717) is 11.3 Å². The Morgan fingerprint density at radius 1 is 0.800 bits per heavy atom. The lowest BCUT2D eigenvalue weighted by molar-refractivity contribution is -0.142. The smallest absolute Gasteiger partial charge is 0.325 e. The number of aromatic amines is 1. The summed E-state index contributed by atoms with van der Waals surface area (Å²) in [6, 6.07) is -3.09. The van der Waals surface area contributed by atoms with E-state index in [1.807, 2.05) is 0 Å². The maximum Gasteiger partial charge on any atom is 0.325 e. The maximum absolute atomic E-state index is 13.4. The second-order valence-electron chi connectivity index (χ2n) is 11.4. The third kappa shape index (κ3) is 13.1. The molecule has 1 aromatic carbocycles. The largest absolute Gasteiger partial charge is 0.508 e. The number of carboxylic acids is 2. The van der Waals surface area contributed by atoms with Crippen LogP contribution in [0, 0.1) is 0 Å². The van der Waals surface area contributed by atoms with Crippen LogP contribution < -0.4 is 32.3 Å². The van der Waals surface area contributed by atoms with Crippen LogP contribution >= 0.6 is 0 Å². The first-order chi connectivity index (χ1) is 23.5. The normalized spacial score (nSPS) is 15.1. The van der Waals surface area contributed by atoms with Crippen molar-refractivity contribution in [3.05, 3.63) is 48.0 Å². The monoisotopic (exact) mass is 706 g/mol. The van der Waals surface area contributed by atoms with Crippen molar-refractivity contribution < 1.29 is 59.1 Å². The molecule has 1 aromatic heterocycles. The number of imidazole rings is 1. The van der Waals surface area contributed by atoms with Crippen LogP contribution in [0.4, 0.5) is 0 Å². The third-order valence-corrected chi connectivity index (χ3v) is 7.23. The zero-order chi connectivity index (χ0) is 37.5. The van der Waals surface area contributed by atoms with Crippen LogP contribution in [0.3, 0.4) is 0 Å². The molecule has 1 heterocycles. The van der Waals surface area contributed by atoms with E-state index in [1.54, 1.807) is 12.1 Å². The fraction of sp³-hybridized carbons (Fsp3) is 0.467. The van der Waals surface area contributed by atoms with Crippen LogP contribution in [0.1, 0.15) is 37.9 Å². The summed E-state index contributed by atoms with van der Waals surface area (Å²) in [5.41, 5.74) is 6.93. The molecule has 20 heteroatoms. The Kier molecular flexibility index (Phi) is 15.8. The van der Waals surface area contributed by atoms with E-state index < -0.39 is 103 Å². The van der Waals surface area contributed by atoms with Crippen molar-refractivity contribution in [3.63, 3.8) is 0 Å². The molecule has 7 atom stereocenters. The van der Waals surface area contributed by atoms with Gasteiger partial charge in [-0.05, 0) is 44.4 Å². The number of aromatic nitrogens is 2. The Balaban J connectivity index is 2.20. The number of nitrogens with one attached hydrogen (secondary N) is 6. The van der Waals surface area contributed by atoms with E-state index in [4.69, 9.17) is 15.9 Å². The summed E-state index contributed by atoms with van der Waals surface area (Å²) in [6.45, 7) is 1.33. The second kappa shape index (κ2) is 19.4. The highest BCUT2D eigenvalue weighted by Crippen LogP contribution is 2.11. The molecule has 50 heavy (non-hydrogen) atoms. The Hall–Kier alpha value is -5.60. The van der Waals surface area contributed by atoms with E-state index in [0.717, 1.165) is 6.92 Å². The predicted octanol–water partition coefficient (Wildman–Crippen LogP) is -4.01. The molecule has 274 valence electrons. The molecule has 0 fully saturated rings. The lowest BCUT2D eigenvalue weighted by Gasteiger charge is -2.27. The van der Waals surface area contributed by atoms with Crippen molar-refractivity contribution in [1.82, 2.24) is 36.6 Å². The van der Waals surface area contributed by atoms with Gasteiger partial charge in [-0.2, -0.15) is 0 Å². The molecule has 2 aromatic rings. The van der Waals surface area contributed by atoms with Crippen LogP contribution in [0.2, 0.25) is 0 Å². The molecule has 5 amide bonds. The lowest BCUT2D eigenvalue weighted by atomic mass is 10.0. The van der Waals surface area contributed by atoms with Gasteiger partial charge in [0.05, 0.1) is 25.1 Å². The molecule has 0 saturated carbocycles. The number of hydrogen-bond donors (Lipinski definition) is 12. The van der Waals surface area contributed by atoms with Gasteiger partial charge in [0.25, 0.3) is 0 Å². The van der Waals surface area contributed by atoms with Gasteiger partial charge in [-0.3, -0.25) is 33.6 Å². The zero-order valence-electron chi connectivity index (χ0n) is 27.2. The number of benzene rings is 1. The number of carbonyl (C=O) groups excluding carboxylic acids is 5. The number of nitrogens with two attached hydrogens (primary N) is 1. The standard InChI is InChI=1S/C30H42N8O12/c1-14(30(49)50)34-26(45)20(7-8-23(42)43)35-28(47)22(12-39)37-27(46)21(10-17-11-32-13-33-17)36-29(48)24(15(2)40)38-25(44)19(31)9-16-3-5-18(41)6-4-16/h3-6,11,13-15,19-22,24,39-41H,7-10,12,31H2,1-2H3,(H,32,33)(H,34,45)(H,35,47)(H,36,48)(H,37,46)(H,38,44)(H,42,43)(H,49,50)/t14-,15+,19-,20-,21-,22-,24-/m0/s1. The quantitative estimate of drug-likeness (QED) is 0.0624. The Morgan fingerprint density at radius 2 is 1.38 bits per heavy atom. The molecule has 20 nitrogen and oxygen atoms in total. The topological polar surface area (TPSA) is 335 Å². The van der Waals surface area contributed by atoms with Crippen LogP contribution in [-0.2, 0) is 46.4 Å². The first kappa shape index (κ1) is 40.6. The van der Waals surface area contributed by atoms with Crippen molar-refractivity contribution in [1.29, 1.82) is 0 Å². The average Bonchev–Trinajstić information content (AvgIpc) is 3.57. The van der Waals surface area contributed by atoms with Gasteiger partial charge in [-0.15, -0.1) is 0 Å². The van der Waals surface area contributed by atoms with Crippen LogP contribution in [0.15, 0.2) is 36.8 Å². The predicted molar refractivity (Wildman–Crippen MR) is 171 cm³/mol. The Bertz CT molecular complexity index is 1490. The number of phenolic OH excluding ortho intramolecular Hbond substituents is 1. The molecule has 0 aliphatic rings. The second-order valence-corrected chi connectivity index (χ2v) is 11.4. The highest BCUT2D eigenvalue weighted by Gasteiger charge is 2.34. The fourth-order valence-electron chi connectivity index (χ4n) is 4.38. The number of carbonyl (C=O) groups is 7. The number of rotatable bonds is 20. The van der Waals surface area contributed by atoms with Crippen LogP contribution in [0.5, 0.6) is 5.75 Å². The Morgan fingerprint density at radius 3 is 1.92 bits per heavy atom. The highest BCUT2D eigenvalue weighted by atomic mass is 16.4. The minimum atomic E-state index is -1.74. The summed E-state index contributed by atoms with van der Waals surface area (Å²) >= 11 is 0. The molecule has 0 radical (unpaired) electrons. The van der Waals surface area contributed by atoms with Crippen LogP contribution in [0.25, 0.3) is 0 Å². The number of H-pyrrole nitrogens is 1. The van der Waals surface area contributed by atoms with Gasteiger partial charge in [0.1, 0.15) is 36.0 Å². The Labute approximate surface area is 285 Å². The zero-order valence-corrected chi connectivity index (χ0v) is 27.2. The van der Waals surface area contributed by atoms with Gasteiger partial charge in [0.15, 0.2) is 0 Å². The van der Waals surface area contributed by atoms with Gasteiger partial charge in [0, 0.05) is 24.7 Å². The van der Waals surface area contributed by atoms with Crippen molar-refractivity contribution in [2.75, 3.05) is 6.61 Å². The molecule has 0 unspecified atom stereocenters. The van der Waals surface area contributed by atoms with E-state index in [-0.39, 0.29) is 18.6 Å². The fourth-order valence-corrected chi connectivity index (χ4v) is 4.38. The number of phenols is 1. The number of aromatic hydroxyl groups is 1. The summed E-state index contributed by atoms with van der Waals surface area (Å²) in [4.78, 5) is 94.1. The molecule has 0 aliphatic heterocycles. The molecule has 13 N–H and O–H groups in total. The molecule has 0 saturated heterocycles. The molecular weight excluding hydrogens is 664 g/mol. The summed E-state index contributed by atoms with van der Waals surface area (Å²) in [6.07, 6.45) is -0.154. The number of amides is 5. The number of aliphatic carboxylic acids is 2. The van der Waals surface area contributed by atoms with Crippen molar-refractivity contribution in [2.45, 2.75) is 81.9 Å². The van der Waals surface area contributed by atoms with Crippen molar-refractivity contribution in [3.8, 4) is 5.75 Å². The van der Waals surface area contributed by atoms with Gasteiger partial charge in [-0.1, -0.05) is 12.1 Å².